The number of thiazole rings is 1. The first kappa shape index (κ1) is 21.8. The van der Waals surface area contributed by atoms with Crippen LogP contribution >= 0.6 is 34.5 Å². The third-order valence-electron chi connectivity index (χ3n) is 4.05. The molecular formula is C21H17Cl2N3O3S. The molecule has 0 unspecified atom stereocenters. The van der Waals surface area contributed by atoms with E-state index in [9.17, 15) is 9.59 Å². The van der Waals surface area contributed by atoms with Crippen LogP contribution in [0.25, 0.3) is 11.3 Å². The topological polar surface area (TPSA) is 85.5 Å². The van der Waals surface area contributed by atoms with Crippen LogP contribution in [0, 0.1) is 0 Å². The van der Waals surface area contributed by atoms with Crippen molar-refractivity contribution in [3.63, 3.8) is 0 Å². The molecule has 0 atom stereocenters. The summed E-state index contributed by atoms with van der Waals surface area (Å²) in [6.07, 6.45) is 1.59. The predicted octanol–water partition coefficient (Wildman–Crippen LogP) is 4.81. The number of carbonyl (C=O) groups excluding carboxylic acids is 2. The van der Waals surface area contributed by atoms with Gasteiger partial charge in [-0.05, 0) is 24.3 Å². The summed E-state index contributed by atoms with van der Waals surface area (Å²) in [5, 5.41) is 3.17. The van der Waals surface area contributed by atoms with E-state index in [0.29, 0.717) is 20.9 Å². The predicted molar refractivity (Wildman–Crippen MR) is 121 cm³/mol. The molecule has 0 saturated carbocycles. The minimum absolute atomic E-state index is 0.205. The maximum Gasteiger partial charge on any atom is 0.266 e. The van der Waals surface area contributed by atoms with E-state index in [1.165, 1.54) is 22.3 Å². The van der Waals surface area contributed by atoms with Gasteiger partial charge in [0.1, 0.15) is 5.75 Å². The maximum atomic E-state index is 12.8. The van der Waals surface area contributed by atoms with E-state index in [4.69, 9.17) is 33.7 Å². The second kappa shape index (κ2) is 9.75. The van der Waals surface area contributed by atoms with Gasteiger partial charge in [0.15, 0.2) is 11.7 Å². The number of nitrogens with two attached hydrogens (primary N) is 1. The average molecular weight is 462 g/mol. The Kier molecular flexibility index (Phi) is 7.10. The third-order valence-corrected chi connectivity index (χ3v) is 5.66. The van der Waals surface area contributed by atoms with Crippen LogP contribution in [-0.4, -0.2) is 29.9 Å². The number of para-hydroxylation sites is 1. The number of nitrogens with zero attached hydrogens (tertiary/aromatic N) is 2. The van der Waals surface area contributed by atoms with Crippen LogP contribution in [0.2, 0.25) is 10.0 Å². The standard InChI is InChI=1S/C21H17Cl2N3O3S/c1-2-9-26(19(27)11-29-18-6-4-3-5-14(18)20(24)28)21-25-17(12-30-21)13-7-8-15(22)16(23)10-13/h2-8,10,12H,1,9,11H2,(H2,24,28). The van der Waals surface area contributed by atoms with E-state index in [0.717, 1.165) is 5.56 Å². The third kappa shape index (κ3) is 4.99. The van der Waals surface area contributed by atoms with Gasteiger partial charge in [-0.15, -0.1) is 17.9 Å². The Balaban J connectivity index is 1.78. The van der Waals surface area contributed by atoms with Gasteiger partial charge >= 0.3 is 0 Å². The summed E-state index contributed by atoms with van der Waals surface area (Å²) in [5.41, 5.74) is 6.99. The number of primary amides is 1. The first-order chi connectivity index (χ1) is 14.4. The molecule has 2 aromatic carbocycles. The van der Waals surface area contributed by atoms with Crippen molar-refractivity contribution in [2.24, 2.45) is 5.73 Å². The number of hydrogen-bond acceptors (Lipinski definition) is 5. The largest absolute Gasteiger partial charge is 0.483 e. The number of aromatic nitrogens is 1. The van der Waals surface area contributed by atoms with Gasteiger partial charge in [0, 0.05) is 17.5 Å². The van der Waals surface area contributed by atoms with E-state index >= 15 is 0 Å². The molecule has 2 amide bonds. The minimum atomic E-state index is -0.632. The van der Waals surface area contributed by atoms with Crippen molar-refractivity contribution >= 4 is 51.5 Å². The molecule has 9 heteroatoms. The monoisotopic (exact) mass is 461 g/mol. The fourth-order valence-electron chi connectivity index (χ4n) is 2.61. The Morgan fingerprint density at radius 2 is 1.97 bits per heavy atom. The molecule has 0 aliphatic rings. The van der Waals surface area contributed by atoms with Crippen LogP contribution < -0.4 is 15.4 Å². The highest BCUT2D eigenvalue weighted by Gasteiger charge is 2.20. The molecule has 0 radical (unpaired) electrons. The number of ether oxygens (including phenoxy) is 1. The molecule has 6 nitrogen and oxygen atoms in total. The molecule has 0 saturated heterocycles. The Morgan fingerprint density at radius 3 is 2.67 bits per heavy atom. The summed E-state index contributed by atoms with van der Waals surface area (Å²) >= 11 is 13.4. The van der Waals surface area contributed by atoms with Gasteiger partial charge < -0.3 is 10.5 Å². The van der Waals surface area contributed by atoms with Gasteiger partial charge in [-0.1, -0.05) is 47.5 Å². The summed E-state index contributed by atoms with van der Waals surface area (Å²) in [6, 6.07) is 11.7. The minimum Gasteiger partial charge on any atom is -0.483 e. The summed E-state index contributed by atoms with van der Waals surface area (Å²) in [4.78, 5) is 30.3. The normalized spacial score (nSPS) is 10.5. The van der Waals surface area contributed by atoms with Crippen molar-refractivity contribution in [3.05, 3.63) is 76.1 Å². The lowest BCUT2D eigenvalue weighted by molar-refractivity contribution is -0.120. The molecule has 3 rings (SSSR count). The molecule has 1 aromatic heterocycles. The van der Waals surface area contributed by atoms with Gasteiger partial charge in [-0.2, -0.15) is 0 Å². The molecule has 3 aromatic rings. The van der Waals surface area contributed by atoms with Crippen LogP contribution in [0.4, 0.5) is 5.13 Å². The first-order valence-electron chi connectivity index (χ1n) is 8.74. The Labute approximate surface area is 187 Å². The molecule has 0 aliphatic heterocycles. The van der Waals surface area contributed by atoms with Crippen molar-refractivity contribution in [2.75, 3.05) is 18.1 Å². The van der Waals surface area contributed by atoms with Crippen molar-refractivity contribution in [2.45, 2.75) is 0 Å². The van der Waals surface area contributed by atoms with E-state index in [1.807, 2.05) is 5.38 Å². The molecule has 154 valence electrons. The average Bonchev–Trinajstić information content (AvgIpc) is 3.22. The number of halogens is 2. The van der Waals surface area contributed by atoms with E-state index in [1.54, 1.807) is 42.5 Å². The molecule has 0 aliphatic carbocycles. The Morgan fingerprint density at radius 1 is 1.20 bits per heavy atom. The lowest BCUT2D eigenvalue weighted by Gasteiger charge is -2.18. The Hall–Kier alpha value is -2.87. The van der Waals surface area contributed by atoms with Crippen LogP contribution in [0.3, 0.4) is 0 Å². The Bertz CT molecular complexity index is 1100. The van der Waals surface area contributed by atoms with Crippen molar-refractivity contribution in [1.29, 1.82) is 0 Å². The zero-order valence-corrected chi connectivity index (χ0v) is 18.0. The summed E-state index contributed by atoms with van der Waals surface area (Å²) in [6.45, 7) is 3.65. The quantitative estimate of drug-likeness (QED) is 0.487. The SMILES string of the molecule is C=CCN(C(=O)COc1ccccc1C(N)=O)c1nc(-c2ccc(Cl)c(Cl)c2)cs1. The first-order valence-corrected chi connectivity index (χ1v) is 10.4. The van der Waals surface area contributed by atoms with Crippen LogP contribution in [0.5, 0.6) is 5.75 Å². The van der Waals surface area contributed by atoms with Gasteiger partial charge in [0.25, 0.3) is 11.8 Å². The van der Waals surface area contributed by atoms with Crippen LogP contribution in [0.1, 0.15) is 10.4 Å². The zero-order valence-electron chi connectivity index (χ0n) is 15.7. The van der Waals surface area contributed by atoms with Gasteiger partial charge in [0.05, 0.1) is 21.3 Å². The molecule has 30 heavy (non-hydrogen) atoms. The second-order valence-corrected chi connectivity index (χ2v) is 7.74. The van der Waals surface area contributed by atoms with Crippen molar-refractivity contribution in [1.82, 2.24) is 4.98 Å². The summed E-state index contributed by atoms with van der Waals surface area (Å²) in [5.74, 6) is -0.732. The van der Waals surface area contributed by atoms with Gasteiger partial charge in [-0.25, -0.2) is 4.98 Å². The lowest BCUT2D eigenvalue weighted by Crippen LogP contribution is -2.35. The highest BCUT2D eigenvalue weighted by molar-refractivity contribution is 7.14. The number of hydrogen-bond donors (Lipinski definition) is 1. The fourth-order valence-corrected chi connectivity index (χ4v) is 3.76. The smallest absolute Gasteiger partial charge is 0.266 e. The van der Waals surface area contributed by atoms with E-state index < -0.39 is 5.91 Å². The molecule has 2 N–H and O–H groups in total. The van der Waals surface area contributed by atoms with Crippen LogP contribution in [0.15, 0.2) is 60.5 Å². The molecular weight excluding hydrogens is 445 g/mol. The molecule has 0 bridgehead atoms. The van der Waals surface area contributed by atoms with E-state index in [-0.39, 0.29) is 30.4 Å². The number of benzene rings is 2. The molecule has 1 heterocycles. The number of rotatable bonds is 8. The lowest BCUT2D eigenvalue weighted by atomic mass is 10.2. The zero-order chi connectivity index (χ0) is 21.7. The molecule has 0 spiro atoms. The highest BCUT2D eigenvalue weighted by atomic mass is 35.5. The summed E-state index contributed by atoms with van der Waals surface area (Å²) in [7, 11) is 0. The van der Waals surface area contributed by atoms with Gasteiger partial charge in [0.2, 0.25) is 0 Å². The number of carbonyl (C=O) groups is 2. The van der Waals surface area contributed by atoms with Crippen molar-refractivity contribution in [3.8, 4) is 17.0 Å². The highest BCUT2D eigenvalue weighted by Crippen LogP contribution is 2.32. The number of amides is 2. The van der Waals surface area contributed by atoms with Gasteiger partial charge in [-0.3, -0.25) is 14.5 Å². The van der Waals surface area contributed by atoms with Crippen LogP contribution in [-0.2, 0) is 4.79 Å². The molecule has 0 fully saturated rings. The van der Waals surface area contributed by atoms with E-state index in [2.05, 4.69) is 11.6 Å². The summed E-state index contributed by atoms with van der Waals surface area (Å²) < 4.78 is 5.55. The number of anilines is 1. The van der Waals surface area contributed by atoms with Crippen molar-refractivity contribution < 1.29 is 14.3 Å². The fraction of sp³-hybridized carbons (Fsp3) is 0.0952. The second-order valence-electron chi connectivity index (χ2n) is 6.09. The maximum absolute atomic E-state index is 12.8.